The van der Waals surface area contributed by atoms with E-state index < -0.39 is 0 Å². The van der Waals surface area contributed by atoms with Crippen LogP contribution in [0.4, 0.5) is 0 Å². The summed E-state index contributed by atoms with van der Waals surface area (Å²) in [4.78, 5) is 2.21. The maximum atomic E-state index is 5.46. The van der Waals surface area contributed by atoms with Gasteiger partial charge in [0.1, 0.15) is 5.76 Å². The summed E-state index contributed by atoms with van der Waals surface area (Å²) >= 11 is 3.62. The van der Waals surface area contributed by atoms with Gasteiger partial charge in [0.15, 0.2) is 0 Å². The van der Waals surface area contributed by atoms with Gasteiger partial charge < -0.3 is 9.64 Å². The largest absolute Gasteiger partial charge is 0.499 e. The van der Waals surface area contributed by atoms with Gasteiger partial charge in [0.25, 0.3) is 0 Å². The monoisotopic (exact) mass is 355 g/mol. The Morgan fingerprint density at radius 1 is 0.909 bits per heavy atom. The molecule has 0 saturated heterocycles. The first-order valence-corrected chi connectivity index (χ1v) is 8.05. The number of methoxy groups -OCH3 is 1. The number of nitrogens with zero attached hydrogens (tertiary/aromatic N) is 1. The number of allylic oxidation sites excluding steroid dienone is 1. The zero-order valence-electron chi connectivity index (χ0n) is 12.4. The molecule has 0 saturated carbocycles. The molecule has 0 amide bonds. The van der Waals surface area contributed by atoms with Crippen molar-refractivity contribution in [1.82, 2.24) is 4.90 Å². The smallest absolute Gasteiger partial charge is 0.117 e. The van der Waals surface area contributed by atoms with Crippen molar-refractivity contribution in [3.8, 4) is 0 Å². The normalized spacial score (nSPS) is 14.6. The highest BCUT2D eigenvalue weighted by Gasteiger charge is 2.22. The van der Waals surface area contributed by atoms with Crippen LogP contribution in [0.1, 0.15) is 23.6 Å². The summed E-state index contributed by atoms with van der Waals surface area (Å²) < 4.78 is 6.58. The van der Waals surface area contributed by atoms with Gasteiger partial charge in [-0.15, -0.1) is 0 Å². The number of halogens is 1. The van der Waals surface area contributed by atoms with Crippen molar-refractivity contribution in [1.29, 1.82) is 0 Å². The molecular weight excluding hydrogens is 338 g/mol. The summed E-state index contributed by atoms with van der Waals surface area (Å²) in [6.45, 7) is 0. The standard InChI is InChI=1S/C19H18BrNO/c1-22-18-12-17(20)13-21(14-18)19(15-8-4-2-5-9-15)16-10-6-3-7-11-16/h2-11,13-14,19H,12H2,1H3. The number of hydrogen-bond acceptors (Lipinski definition) is 2. The van der Waals surface area contributed by atoms with E-state index in [1.807, 2.05) is 12.1 Å². The maximum absolute atomic E-state index is 5.46. The van der Waals surface area contributed by atoms with E-state index in [1.165, 1.54) is 11.1 Å². The molecule has 3 rings (SSSR count). The Balaban J connectivity index is 2.06. The molecule has 22 heavy (non-hydrogen) atoms. The van der Waals surface area contributed by atoms with Crippen LogP contribution in [0, 0.1) is 0 Å². The Morgan fingerprint density at radius 3 is 1.95 bits per heavy atom. The van der Waals surface area contributed by atoms with Crippen molar-refractivity contribution >= 4 is 15.9 Å². The van der Waals surface area contributed by atoms with Crippen LogP contribution in [-0.4, -0.2) is 12.0 Å². The summed E-state index contributed by atoms with van der Waals surface area (Å²) in [6, 6.07) is 21.2. The zero-order valence-corrected chi connectivity index (χ0v) is 14.0. The van der Waals surface area contributed by atoms with Crippen LogP contribution >= 0.6 is 15.9 Å². The van der Waals surface area contributed by atoms with E-state index in [0.29, 0.717) is 0 Å². The average molecular weight is 356 g/mol. The first-order chi connectivity index (χ1) is 10.8. The van der Waals surface area contributed by atoms with E-state index >= 15 is 0 Å². The molecule has 1 aliphatic heterocycles. The van der Waals surface area contributed by atoms with Gasteiger partial charge in [-0.2, -0.15) is 0 Å². The topological polar surface area (TPSA) is 12.5 Å². The van der Waals surface area contributed by atoms with Crippen LogP contribution in [0.15, 0.2) is 83.3 Å². The molecule has 2 nitrogen and oxygen atoms in total. The predicted molar refractivity (Wildman–Crippen MR) is 93.3 cm³/mol. The van der Waals surface area contributed by atoms with E-state index in [-0.39, 0.29) is 6.04 Å². The number of ether oxygens (including phenoxy) is 1. The van der Waals surface area contributed by atoms with Gasteiger partial charge in [-0.05, 0) is 11.1 Å². The molecule has 0 aromatic heterocycles. The molecule has 0 aliphatic carbocycles. The lowest BCUT2D eigenvalue weighted by atomic mass is 9.97. The van der Waals surface area contributed by atoms with E-state index in [4.69, 9.17) is 4.74 Å². The molecule has 1 heterocycles. The highest BCUT2D eigenvalue weighted by Crippen LogP contribution is 2.34. The molecule has 0 radical (unpaired) electrons. The van der Waals surface area contributed by atoms with E-state index in [0.717, 1.165) is 16.7 Å². The number of benzene rings is 2. The molecule has 0 atom stereocenters. The van der Waals surface area contributed by atoms with Crippen molar-refractivity contribution in [3.05, 3.63) is 94.4 Å². The quantitative estimate of drug-likeness (QED) is 0.746. The van der Waals surface area contributed by atoms with Crippen molar-refractivity contribution in [2.45, 2.75) is 12.5 Å². The van der Waals surface area contributed by atoms with Gasteiger partial charge in [0.2, 0.25) is 0 Å². The fourth-order valence-corrected chi connectivity index (χ4v) is 3.22. The van der Waals surface area contributed by atoms with Gasteiger partial charge in [-0.1, -0.05) is 76.6 Å². The van der Waals surface area contributed by atoms with Crippen molar-refractivity contribution in [2.75, 3.05) is 7.11 Å². The predicted octanol–water partition coefficient (Wildman–Crippen LogP) is 5.21. The lowest BCUT2D eigenvalue weighted by Gasteiger charge is -2.32. The molecule has 0 unspecified atom stereocenters. The Hall–Kier alpha value is -2.00. The second kappa shape index (κ2) is 6.84. The minimum absolute atomic E-state index is 0.125. The molecular formula is C19H18BrNO. The first kappa shape index (κ1) is 14.9. The molecule has 1 aliphatic rings. The number of hydrogen-bond donors (Lipinski definition) is 0. The van der Waals surface area contributed by atoms with Crippen LogP contribution < -0.4 is 0 Å². The van der Waals surface area contributed by atoms with Crippen LogP contribution in [-0.2, 0) is 4.74 Å². The Labute approximate surface area is 139 Å². The van der Waals surface area contributed by atoms with Crippen LogP contribution in [0.25, 0.3) is 0 Å². The molecule has 3 heteroatoms. The third kappa shape index (κ3) is 3.25. The Bertz CT molecular complexity index is 640. The van der Waals surface area contributed by atoms with Gasteiger partial charge in [-0.3, -0.25) is 0 Å². The summed E-state index contributed by atoms with van der Waals surface area (Å²) in [5, 5.41) is 0. The van der Waals surface area contributed by atoms with Gasteiger partial charge in [0.05, 0.1) is 13.2 Å². The van der Waals surface area contributed by atoms with Crippen LogP contribution in [0.5, 0.6) is 0 Å². The summed E-state index contributed by atoms with van der Waals surface area (Å²) in [7, 11) is 1.72. The van der Waals surface area contributed by atoms with Crippen molar-refractivity contribution in [2.24, 2.45) is 0 Å². The fraction of sp³-hybridized carbons (Fsp3) is 0.158. The molecule has 2 aromatic carbocycles. The SMILES string of the molecule is COC1=CN(C(c2ccccc2)c2ccccc2)C=C(Br)C1. The average Bonchev–Trinajstić information content (AvgIpc) is 2.56. The van der Waals surface area contributed by atoms with Crippen molar-refractivity contribution < 1.29 is 4.74 Å². The highest BCUT2D eigenvalue weighted by atomic mass is 79.9. The third-order valence-corrected chi connectivity index (χ3v) is 4.20. The van der Waals surface area contributed by atoms with E-state index in [1.54, 1.807) is 7.11 Å². The summed E-state index contributed by atoms with van der Waals surface area (Å²) in [6.07, 6.45) is 5.01. The maximum Gasteiger partial charge on any atom is 0.117 e. The highest BCUT2D eigenvalue weighted by molar-refractivity contribution is 9.11. The molecule has 2 aromatic rings. The minimum atomic E-state index is 0.125. The Morgan fingerprint density at radius 2 is 1.45 bits per heavy atom. The summed E-state index contributed by atoms with van der Waals surface area (Å²) in [5.41, 5.74) is 2.50. The fourth-order valence-electron chi connectivity index (χ4n) is 2.70. The molecule has 0 bridgehead atoms. The van der Waals surface area contributed by atoms with Gasteiger partial charge >= 0.3 is 0 Å². The van der Waals surface area contributed by atoms with E-state index in [9.17, 15) is 0 Å². The number of rotatable bonds is 4. The van der Waals surface area contributed by atoms with Gasteiger partial charge in [-0.25, -0.2) is 0 Å². The zero-order chi connectivity index (χ0) is 15.4. The molecule has 0 fully saturated rings. The Kier molecular flexibility index (Phi) is 4.64. The van der Waals surface area contributed by atoms with Crippen molar-refractivity contribution in [3.63, 3.8) is 0 Å². The van der Waals surface area contributed by atoms with E-state index in [2.05, 4.69) is 81.8 Å². The lowest BCUT2D eigenvalue weighted by Crippen LogP contribution is -2.22. The van der Waals surface area contributed by atoms with Crippen LogP contribution in [0.3, 0.4) is 0 Å². The first-order valence-electron chi connectivity index (χ1n) is 7.26. The summed E-state index contributed by atoms with van der Waals surface area (Å²) in [5.74, 6) is 0.950. The van der Waals surface area contributed by atoms with Crippen LogP contribution in [0.2, 0.25) is 0 Å². The third-order valence-electron chi connectivity index (χ3n) is 3.72. The molecule has 112 valence electrons. The second-order valence-corrected chi connectivity index (χ2v) is 6.24. The molecule has 0 spiro atoms. The minimum Gasteiger partial charge on any atom is -0.499 e. The molecule has 0 N–H and O–H groups in total. The van der Waals surface area contributed by atoms with Gasteiger partial charge in [0, 0.05) is 23.3 Å². The lowest BCUT2D eigenvalue weighted by molar-refractivity contribution is 0.262. The second-order valence-electron chi connectivity index (χ2n) is 5.22.